The van der Waals surface area contributed by atoms with E-state index >= 15 is 0 Å². The van der Waals surface area contributed by atoms with Gasteiger partial charge in [0.1, 0.15) is 0 Å². The van der Waals surface area contributed by atoms with E-state index in [4.69, 9.17) is 11.6 Å². The van der Waals surface area contributed by atoms with Gasteiger partial charge in [-0.05, 0) is 30.9 Å². The third kappa shape index (κ3) is 2.47. The number of para-hydroxylation sites is 1. The average Bonchev–Trinajstić information content (AvgIpc) is 3.17. The molecule has 0 spiro atoms. The van der Waals surface area contributed by atoms with Crippen molar-refractivity contribution in [2.24, 2.45) is 0 Å². The first-order valence-corrected chi connectivity index (χ1v) is 8.93. The van der Waals surface area contributed by atoms with E-state index in [9.17, 15) is 4.79 Å². The molecule has 126 valence electrons. The van der Waals surface area contributed by atoms with Crippen LogP contribution < -0.4 is 4.90 Å². The van der Waals surface area contributed by atoms with E-state index in [1.54, 1.807) is 0 Å². The molecule has 1 fully saturated rings. The second-order valence-electron chi connectivity index (χ2n) is 6.52. The minimum atomic E-state index is -0.0838. The van der Waals surface area contributed by atoms with Gasteiger partial charge >= 0.3 is 0 Å². The van der Waals surface area contributed by atoms with Gasteiger partial charge in [0.2, 0.25) is 0 Å². The molecule has 4 rings (SSSR count). The molecule has 2 aliphatic heterocycles. The van der Waals surface area contributed by atoms with Gasteiger partial charge in [-0.1, -0.05) is 36.7 Å². The third-order valence-corrected chi connectivity index (χ3v) is 5.50. The highest BCUT2D eigenvalue weighted by atomic mass is 35.5. The van der Waals surface area contributed by atoms with Gasteiger partial charge < -0.3 is 9.80 Å². The van der Waals surface area contributed by atoms with E-state index in [1.165, 1.54) is 17.7 Å². The maximum atomic E-state index is 13.0. The van der Waals surface area contributed by atoms with Crippen LogP contribution in [0, 0.1) is 0 Å². The van der Waals surface area contributed by atoms with Crippen molar-refractivity contribution < 1.29 is 4.79 Å². The van der Waals surface area contributed by atoms with Crippen LogP contribution in [0.25, 0.3) is 0 Å². The molecule has 1 N–H and O–H groups in total. The summed E-state index contributed by atoms with van der Waals surface area (Å²) in [5.74, 6) is -0.0838. The zero-order chi connectivity index (χ0) is 16.7. The monoisotopic (exact) mass is 344 g/mol. The Morgan fingerprint density at radius 1 is 1.42 bits per heavy atom. The van der Waals surface area contributed by atoms with Gasteiger partial charge in [0.25, 0.3) is 5.91 Å². The summed E-state index contributed by atoms with van der Waals surface area (Å²) >= 11 is 6.34. The molecule has 1 amide bonds. The van der Waals surface area contributed by atoms with Crippen molar-refractivity contribution in [2.45, 2.75) is 38.8 Å². The highest BCUT2D eigenvalue weighted by Gasteiger charge is 2.34. The summed E-state index contributed by atoms with van der Waals surface area (Å²) in [6, 6.07) is 8.76. The Morgan fingerprint density at radius 3 is 3.04 bits per heavy atom. The molecule has 6 heteroatoms. The number of carbonyl (C=O) groups excluding carboxylic acids is 1. The Kier molecular flexibility index (Phi) is 3.96. The number of halogens is 1. The van der Waals surface area contributed by atoms with Gasteiger partial charge in [-0.25, -0.2) is 0 Å². The lowest BCUT2D eigenvalue weighted by Gasteiger charge is -2.27. The molecule has 2 aliphatic rings. The topological polar surface area (TPSA) is 52.2 Å². The second-order valence-corrected chi connectivity index (χ2v) is 6.90. The van der Waals surface area contributed by atoms with E-state index in [0.717, 1.165) is 31.6 Å². The molecule has 1 aromatic carbocycles. The number of anilines is 1. The van der Waals surface area contributed by atoms with Crippen molar-refractivity contribution in [1.82, 2.24) is 15.1 Å². The van der Waals surface area contributed by atoms with Crippen molar-refractivity contribution in [3.8, 4) is 0 Å². The number of hydrogen-bond donors (Lipinski definition) is 1. The molecule has 1 saturated heterocycles. The number of aryl methyl sites for hydroxylation is 1. The van der Waals surface area contributed by atoms with Gasteiger partial charge in [0, 0.05) is 31.4 Å². The fraction of sp³-hybridized carbons (Fsp3) is 0.444. The van der Waals surface area contributed by atoms with Crippen LogP contribution in [0.15, 0.2) is 24.3 Å². The maximum absolute atomic E-state index is 13.0. The highest BCUT2D eigenvalue weighted by Crippen LogP contribution is 2.34. The predicted molar refractivity (Wildman–Crippen MR) is 94.5 cm³/mol. The molecular formula is C18H21ClN4O. The number of aromatic amines is 1. The van der Waals surface area contributed by atoms with E-state index in [0.29, 0.717) is 23.3 Å². The number of fused-ring (bicyclic) bond motifs is 3. The molecule has 3 heterocycles. The highest BCUT2D eigenvalue weighted by molar-refractivity contribution is 6.34. The van der Waals surface area contributed by atoms with Crippen LogP contribution in [0.4, 0.5) is 5.69 Å². The van der Waals surface area contributed by atoms with Crippen LogP contribution >= 0.6 is 11.6 Å². The Bertz CT molecular complexity index is 772. The van der Waals surface area contributed by atoms with Gasteiger partial charge in [-0.3, -0.25) is 9.89 Å². The van der Waals surface area contributed by atoms with Crippen LogP contribution in [0.2, 0.25) is 5.02 Å². The van der Waals surface area contributed by atoms with Crippen molar-refractivity contribution >= 4 is 23.2 Å². The average molecular weight is 345 g/mol. The zero-order valence-corrected chi connectivity index (χ0v) is 14.5. The molecule has 0 unspecified atom stereocenters. The molecule has 0 radical (unpaired) electrons. The van der Waals surface area contributed by atoms with Gasteiger partial charge in [-0.2, -0.15) is 5.10 Å². The van der Waals surface area contributed by atoms with Crippen LogP contribution in [-0.2, 0) is 13.0 Å². The fourth-order valence-electron chi connectivity index (χ4n) is 3.84. The predicted octanol–water partition coefficient (Wildman–Crippen LogP) is 3.25. The molecule has 2 aromatic rings. The van der Waals surface area contributed by atoms with Crippen molar-refractivity contribution in [3.63, 3.8) is 0 Å². The number of benzene rings is 1. The summed E-state index contributed by atoms with van der Waals surface area (Å²) in [6.07, 6.45) is 3.02. The lowest BCUT2D eigenvalue weighted by Crippen LogP contribution is -2.40. The second kappa shape index (κ2) is 6.13. The molecule has 0 saturated carbocycles. The Morgan fingerprint density at radius 2 is 2.25 bits per heavy atom. The summed E-state index contributed by atoms with van der Waals surface area (Å²) in [5, 5.41) is 7.52. The number of nitrogens with one attached hydrogen (secondary N) is 1. The normalized spacial score (nSPS) is 19.8. The standard InChI is InChI=1S/C18H21ClN4O/c1-2-14-16(19)17(21-20-14)18(24)22-10-12-6-3-4-8-15(12)23-9-5-7-13(23)11-22/h3-4,6,8,13H,2,5,7,9-11H2,1H3,(H,20,21)/t13-/m0/s1. The van der Waals surface area contributed by atoms with Gasteiger partial charge in [0.05, 0.1) is 10.7 Å². The lowest BCUT2D eigenvalue weighted by atomic mass is 10.1. The Balaban J connectivity index is 1.68. The summed E-state index contributed by atoms with van der Waals surface area (Å²) < 4.78 is 0. The summed E-state index contributed by atoms with van der Waals surface area (Å²) in [6.45, 7) is 4.38. The quantitative estimate of drug-likeness (QED) is 0.909. The molecule has 0 bridgehead atoms. The van der Waals surface area contributed by atoms with E-state index in [-0.39, 0.29) is 5.91 Å². The molecular weight excluding hydrogens is 324 g/mol. The summed E-state index contributed by atoms with van der Waals surface area (Å²) in [5.41, 5.74) is 3.62. The smallest absolute Gasteiger partial charge is 0.276 e. The zero-order valence-electron chi connectivity index (χ0n) is 13.8. The first-order valence-electron chi connectivity index (χ1n) is 8.55. The molecule has 24 heavy (non-hydrogen) atoms. The van der Waals surface area contributed by atoms with E-state index in [1.807, 2.05) is 17.9 Å². The van der Waals surface area contributed by atoms with E-state index < -0.39 is 0 Å². The van der Waals surface area contributed by atoms with Gasteiger partial charge in [0.15, 0.2) is 5.69 Å². The molecule has 1 atom stereocenters. The minimum absolute atomic E-state index is 0.0838. The summed E-state index contributed by atoms with van der Waals surface area (Å²) in [4.78, 5) is 17.4. The van der Waals surface area contributed by atoms with Crippen LogP contribution in [0.1, 0.15) is 41.5 Å². The van der Waals surface area contributed by atoms with E-state index in [2.05, 4.69) is 33.3 Å². The van der Waals surface area contributed by atoms with Crippen molar-refractivity contribution in [3.05, 3.63) is 46.2 Å². The Hall–Kier alpha value is -2.01. The third-order valence-electron chi connectivity index (χ3n) is 5.09. The number of hydrogen-bond acceptors (Lipinski definition) is 3. The van der Waals surface area contributed by atoms with Crippen LogP contribution in [0.3, 0.4) is 0 Å². The van der Waals surface area contributed by atoms with Crippen molar-refractivity contribution in [1.29, 1.82) is 0 Å². The fourth-order valence-corrected chi connectivity index (χ4v) is 4.14. The first-order chi connectivity index (χ1) is 11.7. The Labute approximate surface area is 146 Å². The number of rotatable bonds is 2. The van der Waals surface area contributed by atoms with Crippen molar-refractivity contribution in [2.75, 3.05) is 18.0 Å². The molecule has 1 aromatic heterocycles. The number of aromatic nitrogens is 2. The molecule has 5 nitrogen and oxygen atoms in total. The number of H-pyrrole nitrogens is 1. The lowest BCUT2D eigenvalue weighted by molar-refractivity contribution is 0.0732. The largest absolute Gasteiger partial charge is 0.366 e. The number of amides is 1. The summed E-state index contributed by atoms with van der Waals surface area (Å²) in [7, 11) is 0. The van der Waals surface area contributed by atoms with Crippen LogP contribution in [-0.4, -0.2) is 40.1 Å². The SMILES string of the molecule is CCc1[nH]nc(C(=O)N2Cc3ccccc3N3CCC[C@H]3C2)c1Cl. The number of carbonyl (C=O) groups is 1. The number of nitrogens with zero attached hydrogens (tertiary/aromatic N) is 3. The molecule has 0 aliphatic carbocycles. The van der Waals surface area contributed by atoms with Gasteiger partial charge in [-0.15, -0.1) is 0 Å². The first kappa shape index (κ1) is 15.5. The minimum Gasteiger partial charge on any atom is -0.366 e. The van der Waals surface area contributed by atoms with Crippen LogP contribution in [0.5, 0.6) is 0 Å². The maximum Gasteiger partial charge on any atom is 0.276 e.